The topological polar surface area (TPSA) is 49.7 Å². The fourth-order valence-corrected chi connectivity index (χ4v) is 5.94. The molecule has 1 heterocycles. The lowest BCUT2D eigenvalue weighted by Crippen LogP contribution is -2.30. The molecule has 37 heavy (non-hydrogen) atoms. The lowest BCUT2D eigenvalue weighted by molar-refractivity contribution is 0.431. The second-order valence-electron chi connectivity index (χ2n) is 9.86. The standard InChI is InChI=1S/C34H24O3/c1-34(25-13-7-22(8-14-25)21-5-3-2-4-6-21)32-28-19-26(35)15-9-23(28)11-17-30(32)37-31-18-12-24-10-16-27(36)20-29(24)33(31)34/h2-20,35-36H,1H3. The van der Waals surface area contributed by atoms with Crippen molar-refractivity contribution in [2.45, 2.75) is 12.3 Å². The highest BCUT2D eigenvalue weighted by molar-refractivity contribution is 5.97. The van der Waals surface area contributed by atoms with Gasteiger partial charge in [-0.25, -0.2) is 0 Å². The van der Waals surface area contributed by atoms with Gasteiger partial charge in [0.1, 0.15) is 23.0 Å². The van der Waals surface area contributed by atoms with Gasteiger partial charge in [-0.2, -0.15) is 0 Å². The average molecular weight is 481 g/mol. The molecule has 0 amide bonds. The Morgan fingerprint density at radius 2 is 1.03 bits per heavy atom. The first kappa shape index (κ1) is 21.5. The van der Waals surface area contributed by atoms with Gasteiger partial charge in [-0.15, -0.1) is 0 Å². The maximum Gasteiger partial charge on any atom is 0.132 e. The summed E-state index contributed by atoms with van der Waals surface area (Å²) in [6.07, 6.45) is 0. The van der Waals surface area contributed by atoms with E-state index in [1.54, 1.807) is 12.1 Å². The van der Waals surface area contributed by atoms with E-state index < -0.39 is 5.41 Å². The Labute approximate surface area is 214 Å². The maximum absolute atomic E-state index is 10.5. The number of ether oxygens (including phenoxy) is 1. The average Bonchev–Trinajstić information content (AvgIpc) is 2.93. The van der Waals surface area contributed by atoms with Crippen LogP contribution in [0, 0.1) is 0 Å². The molecule has 0 unspecified atom stereocenters. The second kappa shape index (κ2) is 7.87. The molecule has 0 aliphatic carbocycles. The number of phenolic OH excluding ortho intramolecular Hbond substituents is 2. The third-order valence-corrected chi connectivity index (χ3v) is 7.72. The highest BCUT2D eigenvalue weighted by Gasteiger charge is 2.42. The summed E-state index contributed by atoms with van der Waals surface area (Å²) in [7, 11) is 0. The monoisotopic (exact) mass is 480 g/mol. The molecule has 6 aromatic carbocycles. The fourth-order valence-electron chi connectivity index (χ4n) is 5.94. The van der Waals surface area contributed by atoms with Crippen molar-refractivity contribution in [2.75, 3.05) is 0 Å². The molecule has 6 aromatic rings. The number of hydrogen-bond donors (Lipinski definition) is 2. The molecule has 0 saturated heterocycles. The van der Waals surface area contributed by atoms with E-state index in [0.29, 0.717) is 0 Å². The summed E-state index contributed by atoms with van der Waals surface area (Å²) in [5.41, 5.74) is 4.78. The molecule has 3 nitrogen and oxygen atoms in total. The summed E-state index contributed by atoms with van der Waals surface area (Å²) in [5.74, 6) is 1.95. The molecule has 178 valence electrons. The second-order valence-corrected chi connectivity index (χ2v) is 9.86. The number of rotatable bonds is 2. The first-order valence-electron chi connectivity index (χ1n) is 12.4. The van der Waals surface area contributed by atoms with Gasteiger partial charge < -0.3 is 14.9 Å². The molecule has 2 N–H and O–H groups in total. The molecule has 0 atom stereocenters. The minimum atomic E-state index is -0.626. The molecule has 0 aromatic heterocycles. The van der Waals surface area contributed by atoms with E-state index in [9.17, 15) is 10.2 Å². The van der Waals surface area contributed by atoms with Crippen LogP contribution in [-0.2, 0) is 5.41 Å². The number of phenols is 2. The van der Waals surface area contributed by atoms with Crippen molar-refractivity contribution >= 4 is 21.5 Å². The molecule has 3 heteroatoms. The summed E-state index contributed by atoms with van der Waals surface area (Å²) in [5, 5.41) is 24.9. The van der Waals surface area contributed by atoms with Crippen molar-refractivity contribution in [2.24, 2.45) is 0 Å². The molecule has 1 aliphatic heterocycles. The van der Waals surface area contributed by atoms with Crippen LogP contribution >= 0.6 is 0 Å². The number of aromatic hydroxyl groups is 2. The predicted octanol–water partition coefficient (Wildman–Crippen LogP) is 8.53. The van der Waals surface area contributed by atoms with Crippen molar-refractivity contribution < 1.29 is 14.9 Å². The zero-order valence-electron chi connectivity index (χ0n) is 20.3. The van der Waals surface area contributed by atoms with Gasteiger partial charge >= 0.3 is 0 Å². The predicted molar refractivity (Wildman–Crippen MR) is 149 cm³/mol. The van der Waals surface area contributed by atoms with Crippen molar-refractivity contribution in [1.82, 2.24) is 0 Å². The Morgan fingerprint density at radius 3 is 1.57 bits per heavy atom. The fraction of sp³-hybridized carbons (Fsp3) is 0.0588. The third kappa shape index (κ3) is 3.21. The van der Waals surface area contributed by atoms with Crippen LogP contribution in [0.3, 0.4) is 0 Å². The highest BCUT2D eigenvalue weighted by Crippen LogP contribution is 2.56. The van der Waals surface area contributed by atoms with E-state index in [2.05, 4.69) is 43.3 Å². The summed E-state index contributed by atoms with van der Waals surface area (Å²) >= 11 is 0. The van der Waals surface area contributed by atoms with Crippen molar-refractivity contribution in [1.29, 1.82) is 0 Å². The third-order valence-electron chi connectivity index (χ3n) is 7.72. The van der Waals surface area contributed by atoms with E-state index in [-0.39, 0.29) is 11.5 Å². The minimum absolute atomic E-state index is 0.212. The Kier molecular flexibility index (Phi) is 4.58. The molecule has 0 spiro atoms. The van der Waals surface area contributed by atoms with E-state index in [4.69, 9.17) is 4.74 Å². The van der Waals surface area contributed by atoms with Gasteiger partial charge in [0.25, 0.3) is 0 Å². The SMILES string of the molecule is CC1(c2ccc(-c3ccccc3)cc2)c2c(ccc3ccc(O)cc23)Oc2ccc3ccc(O)cc3c21. The first-order valence-corrected chi connectivity index (χ1v) is 12.4. The molecule has 0 radical (unpaired) electrons. The number of hydrogen-bond acceptors (Lipinski definition) is 3. The van der Waals surface area contributed by atoms with Crippen LogP contribution in [0.1, 0.15) is 23.6 Å². The van der Waals surface area contributed by atoms with Gasteiger partial charge in [-0.05, 0) is 81.6 Å². The smallest absolute Gasteiger partial charge is 0.132 e. The first-order chi connectivity index (χ1) is 18.0. The Bertz CT molecular complexity index is 1730. The van der Waals surface area contributed by atoms with Gasteiger partial charge in [-0.1, -0.05) is 78.9 Å². The van der Waals surface area contributed by atoms with Gasteiger partial charge in [0, 0.05) is 11.1 Å². The lowest BCUT2D eigenvalue weighted by Gasteiger charge is -2.40. The van der Waals surface area contributed by atoms with Gasteiger partial charge in [0.2, 0.25) is 0 Å². The maximum atomic E-state index is 10.5. The zero-order valence-corrected chi connectivity index (χ0v) is 20.3. The van der Waals surface area contributed by atoms with Crippen LogP contribution < -0.4 is 4.74 Å². The van der Waals surface area contributed by atoms with Gasteiger partial charge in [0.05, 0.1) is 5.41 Å². The van der Waals surface area contributed by atoms with Crippen LogP contribution in [0.2, 0.25) is 0 Å². The summed E-state index contributed by atoms with van der Waals surface area (Å²) in [6, 6.07) is 38.1. The van der Waals surface area contributed by atoms with Crippen molar-refractivity contribution in [3.63, 3.8) is 0 Å². The van der Waals surface area contributed by atoms with Crippen molar-refractivity contribution in [3.8, 4) is 34.1 Å². The van der Waals surface area contributed by atoms with Crippen LogP contribution in [0.15, 0.2) is 115 Å². The van der Waals surface area contributed by atoms with E-state index in [1.807, 2.05) is 66.7 Å². The van der Waals surface area contributed by atoms with Gasteiger partial charge in [-0.3, -0.25) is 0 Å². The largest absolute Gasteiger partial charge is 0.508 e. The molecule has 1 aliphatic rings. The summed E-state index contributed by atoms with van der Waals surface area (Å²) < 4.78 is 6.52. The quantitative estimate of drug-likeness (QED) is 0.261. The summed E-state index contributed by atoms with van der Waals surface area (Å²) in [4.78, 5) is 0. The minimum Gasteiger partial charge on any atom is -0.508 e. The summed E-state index contributed by atoms with van der Waals surface area (Å²) in [6.45, 7) is 2.22. The normalized spacial score (nSPS) is 13.6. The molecule has 0 fully saturated rings. The van der Waals surface area contributed by atoms with Crippen LogP contribution in [0.4, 0.5) is 0 Å². The van der Waals surface area contributed by atoms with E-state index >= 15 is 0 Å². The molecular formula is C34H24O3. The number of fused-ring (bicyclic) bond motifs is 6. The van der Waals surface area contributed by atoms with Crippen molar-refractivity contribution in [3.05, 3.63) is 132 Å². The Balaban J connectivity index is 1.57. The molecule has 7 rings (SSSR count). The van der Waals surface area contributed by atoms with Gasteiger partial charge in [0.15, 0.2) is 0 Å². The van der Waals surface area contributed by atoms with Crippen LogP contribution in [0.5, 0.6) is 23.0 Å². The molecular weight excluding hydrogens is 456 g/mol. The Hall–Kier alpha value is -4.76. The lowest BCUT2D eigenvalue weighted by atomic mass is 9.66. The molecule has 0 saturated carbocycles. The Morgan fingerprint density at radius 1 is 0.541 bits per heavy atom. The zero-order chi connectivity index (χ0) is 25.1. The van der Waals surface area contributed by atoms with E-state index in [0.717, 1.165) is 60.9 Å². The van der Waals surface area contributed by atoms with Crippen LogP contribution in [-0.4, -0.2) is 10.2 Å². The molecule has 0 bridgehead atoms. The highest BCUT2D eigenvalue weighted by atomic mass is 16.5. The van der Waals surface area contributed by atoms with Crippen LogP contribution in [0.25, 0.3) is 32.7 Å². The van der Waals surface area contributed by atoms with E-state index in [1.165, 1.54) is 0 Å². The number of benzene rings is 6.